The van der Waals surface area contributed by atoms with Crippen molar-refractivity contribution in [3.63, 3.8) is 0 Å². The number of hydrogen-bond acceptors (Lipinski definition) is 5. The quantitative estimate of drug-likeness (QED) is 0.203. The van der Waals surface area contributed by atoms with Crippen molar-refractivity contribution >= 4 is 63.3 Å². The number of rotatable bonds is 11. The number of carbonyl (C=O) groups excluding carboxylic acids is 2. The molecule has 1 aliphatic heterocycles. The number of aliphatic imine (C=N–C) groups is 2. The number of amidine groups is 1. The summed E-state index contributed by atoms with van der Waals surface area (Å²) in [6, 6.07) is 16.2. The molecule has 4 rings (SSSR count). The van der Waals surface area contributed by atoms with Gasteiger partial charge in [0.1, 0.15) is 5.82 Å². The monoisotopic (exact) mass is 695 g/mol. The van der Waals surface area contributed by atoms with E-state index in [9.17, 15) is 18.4 Å². The molecule has 0 aliphatic carbocycles. The molecule has 1 N–H and O–H groups in total. The minimum atomic E-state index is -2.80. The van der Waals surface area contributed by atoms with Crippen molar-refractivity contribution in [3.05, 3.63) is 112 Å². The molecular weight excluding hydrogens is 659 g/mol. The van der Waals surface area contributed by atoms with Gasteiger partial charge in [0.15, 0.2) is 5.17 Å². The van der Waals surface area contributed by atoms with Crippen LogP contribution in [0, 0.1) is 12.7 Å². The van der Waals surface area contributed by atoms with Gasteiger partial charge in [-0.05, 0) is 86.7 Å². The van der Waals surface area contributed by atoms with Crippen molar-refractivity contribution in [2.45, 2.75) is 46.0 Å². The van der Waals surface area contributed by atoms with Crippen molar-refractivity contribution < 1.29 is 22.8 Å². The van der Waals surface area contributed by atoms with Crippen LogP contribution in [0.2, 0.25) is 5.02 Å². The Kier molecular flexibility index (Phi) is 11.9. The highest BCUT2D eigenvalue weighted by atomic mass is 35.5. The van der Waals surface area contributed by atoms with Crippen LogP contribution in [-0.2, 0) is 11.2 Å². The van der Waals surface area contributed by atoms with Gasteiger partial charge in [-0.1, -0.05) is 60.3 Å². The predicted octanol–water partition coefficient (Wildman–Crippen LogP) is 9.36. The van der Waals surface area contributed by atoms with Crippen LogP contribution >= 0.6 is 23.4 Å². The normalized spacial score (nSPS) is 14.9. The summed E-state index contributed by atoms with van der Waals surface area (Å²) >= 11 is 7.08. The number of halogens is 4. The first kappa shape index (κ1) is 36.5. The first-order valence-electron chi connectivity index (χ1n) is 15.1. The number of aryl methyl sites for hydroxylation is 2. The van der Waals surface area contributed by atoms with E-state index < -0.39 is 17.8 Å². The van der Waals surface area contributed by atoms with Gasteiger partial charge in [-0.2, -0.15) is 4.99 Å². The predicted molar refractivity (Wildman–Crippen MR) is 192 cm³/mol. The van der Waals surface area contributed by atoms with E-state index in [-0.39, 0.29) is 35.4 Å². The first-order chi connectivity index (χ1) is 22.7. The fourth-order valence-electron chi connectivity index (χ4n) is 4.99. The van der Waals surface area contributed by atoms with Gasteiger partial charge in [-0.3, -0.25) is 14.7 Å². The molecule has 1 fully saturated rings. The highest BCUT2D eigenvalue weighted by Gasteiger charge is 2.32. The van der Waals surface area contributed by atoms with Gasteiger partial charge in [0.25, 0.3) is 0 Å². The Hall–Kier alpha value is -4.35. The summed E-state index contributed by atoms with van der Waals surface area (Å²) in [6.07, 6.45) is 2.04. The van der Waals surface area contributed by atoms with E-state index in [4.69, 9.17) is 11.6 Å². The van der Waals surface area contributed by atoms with E-state index in [0.29, 0.717) is 34.0 Å². The van der Waals surface area contributed by atoms with Crippen LogP contribution in [-0.4, -0.2) is 53.5 Å². The van der Waals surface area contributed by atoms with Crippen molar-refractivity contribution in [2.24, 2.45) is 9.98 Å². The number of benzene rings is 3. The molecule has 0 unspecified atom stereocenters. The molecular formula is C36H37ClF3N5O2S. The second-order valence-electron chi connectivity index (χ2n) is 11.5. The van der Waals surface area contributed by atoms with Crippen molar-refractivity contribution in [2.75, 3.05) is 30.1 Å². The standard InChI is InChI=1S/C36H37ClF3N5O2S/c1-22-9-10-26(8-7-17-36(4,39)40)32(18-22)45-33(46)21-48-35(45)43-34(47)42-30-16-13-27(20-29(30)38)31(41-5)19-23(2)44(6)24(3)25-11-14-28(37)15-12-25/h9-16,18-20H,3,7-8,17,21H2,1-2,4-6H3,(H,42,47)/b23-19+,41-31?,43-35-. The molecule has 0 aromatic heterocycles. The SMILES string of the molecule is C=C(c1ccc(Cl)cc1)N(C)/C(C)=C/C(=NC)c1ccc(NC(=O)/N=C2\SCC(=O)N2c2cc(C)ccc2CCCC(C)(F)F)c(F)c1. The number of nitrogens with zero attached hydrogens (tertiary/aromatic N) is 4. The highest BCUT2D eigenvalue weighted by molar-refractivity contribution is 8.15. The molecule has 0 bridgehead atoms. The fraction of sp³-hybridized carbons (Fsp3) is 0.278. The number of amides is 3. The number of hydrogen-bond donors (Lipinski definition) is 1. The summed E-state index contributed by atoms with van der Waals surface area (Å²) in [7, 11) is 3.46. The van der Waals surface area contributed by atoms with Crippen LogP contribution in [0.25, 0.3) is 5.70 Å². The lowest BCUT2D eigenvalue weighted by Gasteiger charge is -2.23. The van der Waals surface area contributed by atoms with E-state index in [1.165, 1.54) is 17.0 Å². The third kappa shape index (κ3) is 9.38. The van der Waals surface area contributed by atoms with Gasteiger partial charge in [-0.15, -0.1) is 0 Å². The van der Waals surface area contributed by atoms with Crippen molar-refractivity contribution in [1.82, 2.24) is 4.90 Å². The Morgan fingerprint density at radius 3 is 2.48 bits per heavy atom. The zero-order valence-corrected chi connectivity index (χ0v) is 29.0. The maximum absolute atomic E-state index is 15.3. The summed E-state index contributed by atoms with van der Waals surface area (Å²) in [6.45, 7) is 8.77. The van der Waals surface area contributed by atoms with Crippen LogP contribution in [0.5, 0.6) is 0 Å². The third-order valence-corrected chi connectivity index (χ3v) is 8.89. The van der Waals surface area contributed by atoms with Gasteiger partial charge >= 0.3 is 6.03 Å². The Morgan fingerprint density at radius 1 is 1.15 bits per heavy atom. The Balaban J connectivity index is 1.50. The molecule has 3 amide bonds. The molecule has 0 radical (unpaired) electrons. The molecule has 12 heteroatoms. The van der Waals surface area contributed by atoms with Crippen LogP contribution in [0.1, 0.15) is 48.9 Å². The number of anilines is 2. The summed E-state index contributed by atoms with van der Waals surface area (Å²) in [5.41, 5.74) is 5.35. The molecule has 1 aliphatic rings. The topological polar surface area (TPSA) is 77.4 Å². The molecule has 252 valence electrons. The number of alkyl halides is 2. The van der Waals surface area contributed by atoms with Crippen LogP contribution in [0.4, 0.5) is 29.3 Å². The smallest absolute Gasteiger partial charge is 0.347 e. The lowest BCUT2D eigenvalue weighted by molar-refractivity contribution is -0.115. The summed E-state index contributed by atoms with van der Waals surface area (Å²) in [4.78, 5) is 37.5. The average molecular weight is 696 g/mol. The van der Waals surface area contributed by atoms with E-state index in [1.807, 2.05) is 44.0 Å². The van der Waals surface area contributed by atoms with Crippen molar-refractivity contribution in [1.29, 1.82) is 0 Å². The molecule has 3 aromatic rings. The lowest BCUT2D eigenvalue weighted by atomic mass is 10.0. The fourth-order valence-corrected chi connectivity index (χ4v) is 5.98. The molecule has 7 nitrogen and oxygen atoms in total. The highest BCUT2D eigenvalue weighted by Crippen LogP contribution is 2.33. The van der Waals surface area contributed by atoms with E-state index in [0.717, 1.165) is 41.2 Å². The van der Waals surface area contributed by atoms with Crippen LogP contribution in [0.3, 0.4) is 0 Å². The van der Waals surface area contributed by atoms with Crippen LogP contribution < -0.4 is 10.2 Å². The van der Waals surface area contributed by atoms with E-state index >= 15 is 4.39 Å². The van der Waals surface area contributed by atoms with Gasteiger partial charge in [0.2, 0.25) is 11.8 Å². The lowest BCUT2D eigenvalue weighted by Crippen LogP contribution is -2.31. The van der Waals surface area contributed by atoms with Crippen LogP contribution in [0.15, 0.2) is 89.0 Å². The Labute approximate surface area is 288 Å². The maximum atomic E-state index is 15.3. The second-order valence-corrected chi connectivity index (χ2v) is 12.9. The zero-order valence-electron chi connectivity index (χ0n) is 27.4. The first-order valence-corrected chi connectivity index (χ1v) is 16.5. The van der Waals surface area contributed by atoms with Gasteiger partial charge < -0.3 is 10.2 Å². The average Bonchev–Trinajstić information content (AvgIpc) is 3.39. The maximum Gasteiger partial charge on any atom is 0.347 e. The van der Waals surface area contributed by atoms with Crippen molar-refractivity contribution in [3.8, 4) is 0 Å². The van der Waals surface area contributed by atoms with Gasteiger partial charge in [0.05, 0.1) is 22.8 Å². The molecule has 3 aromatic carbocycles. The third-order valence-electron chi connectivity index (χ3n) is 7.71. The molecule has 48 heavy (non-hydrogen) atoms. The number of urea groups is 1. The zero-order chi connectivity index (χ0) is 35.2. The molecule has 0 atom stereocenters. The molecule has 0 saturated carbocycles. The summed E-state index contributed by atoms with van der Waals surface area (Å²) in [5, 5.41) is 3.20. The largest absolute Gasteiger partial charge is 0.348 e. The summed E-state index contributed by atoms with van der Waals surface area (Å²) in [5.74, 6) is -3.75. The second kappa shape index (κ2) is 15.7. The van der Waals surface area contributed by atoms with Gasteiger partial charge in [0, 0.05) is 42.5 Å². The molecule has 1 saturated heterocycles. The van der Waals surface area contributed by atoms with Gasteiger partial charge in [-0.25, -0.2) is 18.0 Å². The number of allylic oxidation sites excluding steroid dienone is 2. The number of thioether (sulfide) groups is 1. The molecule has 1 heterocycles. The van der Waals surface area contributed by atoms with E-state index in [1.54, 1.807) is 43.5 Å². The summed E-state index contributed by atoms with van der Waals surface area (Å²) < 4.78 is 42.2. The molecule has 0 spiro atoms. The number of nitrogens with one attached hydrogen (secondary N) is 1. The number of carbonyl (C=O) groups is 2. The Morgan fingerprint density at radius 2 is 1.83 bits per heavy atom. The minimum absolute atomic E-state index is 0.0455. The Bertz CT molecular complexity index is 1800. The minimum Gasteiger partial charge on any atom is -0.348 e. The van der Waals surface area contributed by atoms with E-state index in [2.05, 4.69) is 21.9 Å².